The number of H-pyrrole nitrogens is 1. The Kier molecular flexibility index (Phi) is 4.91. The molecule has 0 radical (unpaired) electrons. The maximum Gasteiger partial charge on any atom is 0.0695 e. The molecule has 0 saturated carbocycles. The minimum atomic E-state index is 0.753. The van der Waals surface area contributed by atoms with Gasteiger partial charge in [-0.2, -0.15) is 5.10 Å². The summed E-state index contributed by atoms with van der Waals surface area (Å²) in [5.41, 5.74) is 3.38. The molecule has 1 fully saturated rings. The fraction of sp³-hybridized carbons (Fsp3) is 0.438. The number of aromatic amines is 1. The molecule has 1 aromatic heterocycles. The van der Waals surface area contributed by atoms with E-state index in [1.165, 1.54) is 31.5 Å². The summed E-state index contributed by atoms with van der Waals surface area (Å²) in [6.07, 6.45) is 4.59. The van der Waals surface area contributed by atoms with Crippen LogP contribution >= 0.6 is 11.6 Å². The Labute approximate surface area is 130 Å². The number of aromatic nitrogens is 2. The topological polar surface area (TPSA) is 44.0 Å². The van der Waals surface area contributed by atoms with E-state index in [9.17, 15) is 0 Å². The minimum absolute atomic E-state index is 0.753. The van der Waals surface area contributed by atoms with Gasteiger partial charge >= 0.3 is 0 Å². The van der Waals surface area contributed by atoms with Crippen LogP contribution in [0.15, 0.2) is 30.5 Å². The maximum atomic E-state index is 5.93. The first kappa shape index (κ1) is 14.6. The van der Waals surface area contributed by atoms with Crippen LogP contribution in [0, 0.1) is 0 Å². The molecule has 0 atom stereocenters. The van der Waals surface area contributed by atoms with Crippen LogP contribution in [-0.4, -0.2) is 41.3 Å². The molecule has 112 valence electrons. The molecule has 1 aliphatic rings. The lowest BCUT2D eigenvalue weighted by Crippen LogP contribution is -2.29. The van der Waals surface area contributed by atoms with E-state index in [4.69, 9.17) is 11.6 Å². The molecular formula is C16H21ClN4. The van der Waals surface area contributed by atoms with Gasteiger partial charge in [0.2, 0.25) is 0 Å². The van der Waals surface area contributed by atoms with E-state index in [2.05, 4.69) is 20.4 Å². The molecule has 0 unspecified atom stereocenters. The van der Waals surface area contributed by atoms with Crippen molar-refractivity contribution in [2.45, 2.75) is 19.4 Å². The predicted octanol–water partition coefficient (Wildman–Crippen LogP) is 2.92. The second kappa shape index (κ2) is 7.07. The highest BCUT2D eigenvalue weighted by molar-refractivity contribution is 6.30. The Morgan fingerprint density at radius 2 is 1.95 bits per heavy atom. The lowest BCUT2D eigenvalue weighted by molar-refractivity contribution is 0.335. The van der Waals surface area contributed by atoms with Crippen molar-refractivity contribution < 1.29 is 0 Å². The number of hydrogen-bond acceptors (Lipinski definition) is 3. The molecule has 0 bridgehead atoms. The van der Waals surface area contributed by atoms with E-state index in [1.807, 2.05) is 30.5 Å². The molecule has 5 heteroatoms. The molecule has 3 rings (SSSR count). The van der Waals surface area contributed by atoms with Crippen molar-refractivity contribution in [1.29, 1.82) is 0 Å². The van der Waals surface area contributed by atoms with E-state index >= 15 is 0 Å². The Balaban J connectivity index is 1.54. The number of halogens is 1. The molecule has 0 amide bonds. The van der Waals surface area contributed by atoms with Crippen molar-refractivity contribution in [3.8, 4) is 11.3 Å². The molecule has 2 aromatic rings. The van der Waals surface area contributed by atoms with E-state index < -0.39 is 0 Å². The van der Waals surface area contributed by atoms with Crippen molar-refractivity contribution in [2.75, 3.05) is 26.2 Å². The first-order valence-electron chi connectivity index (χ1n) is 7.54. The lowest BCUT2D eigenvalue weighted by Gasteiger charge is -2.14. The smallest absolute Gasteiger partial charge is 0.0695 e. The molecule has 0 aliphatic carbocycles. The van der Waals surface area contributed by atoms with Gasteiger partial charge in [0.1, 0.15) is 0 Å². The molecular weight excluding hydrogens is 284 g/mol. The summed E-state index contributed by atoms with van der Waals surface area (Å²) in [4.78, 5) is 2.52. The first-order chi connectivity index (χ1) is 10.3. The number of likely N-dealkylation sites (tertiary alicyclic amines) is 1. The molecule has 1 aliphatic heterocycles. The molecule has 1 aromatic carbocycles. The standard InChI is InChI=1S/C16H21ClN4/c17-15-5-3-13(4-6-15)16-14(12-19-20-16)11-18-7-10-21-8-1-2-9-21/h3-6,12,18H,1-2,7-11H2,(H,19,20). The van der Waals surface area contributed by atoms with E-state index in [0.29, 0.717) is 0 Å². The highest BCUT2D eigenvalue weighted by atomic mass is 35.5. The number of hydrogen-bond donors (Lipinski definition) is 2. The van der Waals surface area contributed by atoms with Gasteiger partial charge in [0.15, 0.2) is 0 Å². The largest absolute Gasteiger partial charge is 0.311 e. The van der Waals surface area contributed by atoms with Gasteiger partial charge in [0.05, 0.1) is 11.9 Å². The second-order valence-electron chi connectivity index (χ2n) is 5.50. The average molecular weight is 305 g/mol. The van der Waals surface area contributed by atoms with E-state index in [1.54, 1.807) is 0 Å². The van der Waals surface area contributed by atoms with Crippen LogP contribution in [0.25, 0.3) is 11.3 Å². The molecule has 21 heavy (non-hydrogen) atoms. The molecule has 2 heterocycles. The Hall–Kier alpha value is -1.36. The normalized spacial score (nSPS) is 15.7. The Bertz CT molecular complexity index is 558. The Morgan fingerprint density at radius 3 is 2.71 bits per heavy atom. The third kappa shape index (κ3) is 3.84. The summed E-state index contributed by atoms with van der Waals surface area (Å²) in [5, 5.41) is 11.5. The van der Waals surface area contributed by atoms with Gasteiger partial charge in [0, 0.05) is 30.2 Å². The zero-order valence-electron chi connectivity index (χ0n) is 12.1. The second-order valence-corrected chi connectivity index (χ2v) is 5.94. The SMILES string of the molecule is Clc1ccc(-c2[nH]ncc2CNCCN2CCCC2)cc1. The lowest BCUT2D eigenvalue weighted by atomic mass is 10.1. The highest BCUT2D eigenvalue weighted by Gasteiger charge is 2.11. The van der Waals surface area contributed by atoms with Crippen molar-refractivity contribution in [3.05, 3.63) is 41.0 Å². The van der Waals surface area contributed by atoms with Crippen molar-refractivity contribution >= 4 is 11.6 Å². The van der Waals surface area contributed by atoms with Gasteiger partial charge in [-0.05, 0) is 43.6 Å². The van der Waals surface area contributed by atoms with Gasteiger partial charge in [-0.15, -0.1) is 0 Å². The van der Waals surface area contributed by atoms with E-state index in [0.717, 1.165) is 35.9 Å². The van der Waals surface area contributed by atoms with Crippen LogP contribution in [0.1, 0.15) is 18.4 Å². The molecule has 1 saturated heterocycles. The van der Waals surface area contributed by atoms with Gasteiger partial charge in [-0.3, -0.25) is 5.10 Å². The van der Waals surface area contributed by atoms with Crippen LogP contribution < -0.4 is 5.32 Å². The van der Waals surface area contributed by atoms with Crippen LogP contribution in [0.5, 0.6) is 0 Å². The zero-order chi connectivity index (χ0) is 14.5. The zero-order valence-corrected chi connectivity index (χ0v) is 12.9. The van der Waals surface area contributed by atoms with Crippen LogP contribution in [0.4, 0.5) is 0 Å². The number of rotatable bonds is 6. The summed E-state index contributed by atoms with van der Waals surface area (Å²) in [6, 6.07) is 7.85. The van der Waals surface area contributed by atoms with Crippen molar-refractivity contribution in [2.24, 2.45) is 0 Å². The van der Waals surface area contributed by atoms with Gasteiger partial charge in [-0.25, -0.2) is 0 Å². The van der Waals surface area contributed by atoms with Gasteiger partial charge in [-0.1, -0.05) is 23.7 Å². The summed E-state index contributed by atoms with van der Waals surface area (Å²) in [5.74, 6) is 0. The third-order valence-corrected chi connectivity index (χ3v) is 4.22. The highest BCUT2D eigenvalue weighted by Crippen LogP contribution is 2.22. The Morgan fingerprint density at radius 1 is 1.19 bits per heavy atom. The summed E-state index contributed by atoms with van der Waals surface area (Å²) < 4.78 is 0. The maximum absolute atomic E-state index is 5.93. The van der Waals surface area contributed by atoms with Crippen LogP contribution in [0.3, 0.4) is 0 Å². The number of benzene rings is 1. The first-order valence-corrected chi connectivity index (χ1v) is 7.92. The number of nitrogens with zero attached hydrogens (tertiary/aromatic N) is 2. The number of nitrogens with one attached hydrogen (secondary N) is 2. The molecule has 0 spiro atoms. The molecule has 2 N–H and O–H groups in total. The van der Waals surface area contributed by atoms with Crippen molar-refractivity contribution in [1.82, 2.24) is 20.4 Å². The molecule has 4 nitrogen and oxygen atoms in total. The summed E-state index contributed by atoms with van der Waals surface area (Å²) in [6.45, 7) is 5.49. The third-order valence-electron chi connectivity index (χ3n) is 3.97. The monoisotopic (exact) mass is 304 g/mol. The predicted molar refractivity (Wildman–Crippen MR) is 86.4 cm³/mol. The van der Waals surface area contributed by atoms with Crippen LogP contribution in [-0.2, 0) is 6.54 Å². The van der Waals surface area contributed by atoms with Crippen molar-refractivity contribution in [3.63, 3.8) is 0 Å². The minimum Gasteiger partial charge on any atom is -0.311 e. The van der Waals surface area contributed by atoms with E-state index in [-0.39, 0.29) is 0 Å². The average Bonchev–Trinajstić information content (AvgIpc) is 3.16. The quantitative estimate of drug-likeness (QED) is 0.807. The summed E-state index contributed by atoms with van der Waals surface area (Å²) >= 11 is 5.93. The fourth-order valence-electron chi connectivity index (χ4n) is 2.78. The summed E-state index contributed by atoms with van der Waals surface area (Å²) in [7, 11) is 0. The van der Waals surface area contributed by atoms with Gasteiger partial charge < -0.3 is 10.2 Å². The van der Waals surface area contributed by atoms with Crippen LogP contribution in [0.2, 0.25) is 5.02 Å². The van der Waals surface area contributed by atoms with Gasteiger partial charge in [0.25, 0.3) is 0 Å². The fourth-order valence-corrected chi connectivity index (χ4v) is 2.90.